The van der Waals surface area contributed by atoms with Crippen LogP contribution in [0.15, 0.2) is 42.6 Å². The fourth-order valence-electron chi connectivity index (χ4n) is 3.93. The van der Waals surface area contributed by atoms with Gasteiger partial charge in [0.25, 0.3) is 5.91 Å². The Kier molecular flexibility index (Phi) is 6.02. The minimum atomic E-state index is -0.158. The maximum Gasteiger partial charge on any atom is 0.293 e. The fraction of sp³-hybridized carbons (Fsp3) is 0.417. The van der Waals surface area contributed by atoms with Gasteiger partial charge in [-0.15, -0.1) is 5.10 Å². The van der Waals surface area contributed by atoms with E-state index in [0.29, 0.717) is 30.7 Å². The van der Waals surface area contributed by atoms with Crippen molar-refractivity contribution in [3.05, 3.63) is 65.4 Å². The van der Waals surface area contributed by atoms with Crippen molar-refractivity contribution in [2.45, 2.75) is 52.6 Å². The molecule has 3 heterocycles. The van der Waals surface area contributed by atoms with E-state index in [1.54, 1.807) is 15.8 Å². The predicted octanol–water partition coefficient (Wildman–Crippen LogP) is 4.09. The smallest absolute Gasteiger partial charge is 0.293 e. The van der Waals surface area contributed by atoms with Crippen LogP contribution in [0.3, 0.4) is 0 Å². The van der Waals surface area contributed by atoms with Crippen LogP contribution in [-0.4, -0.2) is 49.7 Å². The maximum absolute atomic E-state index is 13.2. The topological polar surface area (TPSA) is 73.1 Å². The summed E-state index contributed by atoms with van der Waals surface area (Å²) in [6.07, 6.45) is 3.47. The minimum Gasteiger partial charge on any atom is -0.472 e. The molecule has 0 radical (unpaired) electrons. The standard InChI is InChI=1S/C24H29N5O2/c1-16(2)20-9-5-6-10-21(20)29-18(4)26-23(27-29)24(30)28-13-7-8-19(15-28)31-22-12-11-17(3)14-25-22/h5-6,9-12,14,16,19H,7-8,13,15H2,1-4H3. The zero-order valence-electron chi connectivity index (χ0n) is 18.6. The van der Waals surface area contributed by atoms with Crippen molar-refractivity contribution in [3.8, 4) is 11.6 Å². The second kappa shape index (κ2) is 8.88. The second-order valence-electron chi connectivity index (χ2n) is 8.41. The molecule has 1 aromatic carbocycles. The van der Waals surface area contributed by atoms with Crippen molar-refractivity contribution in [1.82, 2.24) is 24.6 Å². The first-order chi connectivity index (χ1) is 14.9. The summed E-state index contributed by atoms with van der Waals surface area (Å²) in [7, 11) is 0. The van der Waals surface area contributed by atoms with Crippen LogP contribution in [0.25, 0.3) is 5.69 Å². The first-order valence-corrected chi connectivity index (χ1v) is 10.8. The highest BCUT2D eigenvalue weighted by atomic mass is 16.5. The van der Waals surface area contributed by atoms with Crippen molar-refractivity contribution in [1.29, 1.82) is 0 Å². The Morgan fingerprint density at radius 2 is 1.97 bits per heavy atom. The molecule has 1 unspecified atom stereocenters. The summed E-state index contributed by atoms with van der Waals surface area (Å²) in [5.41, 5.74) is 3.22. The van der Waals surface area contributed by atoms with Gasteiger partial charge in [0.2, 0.25) is 11.7 Å². The second-order valence-corrected chi connectivity index (χ2v) is 8.41. The third-order valence-electron chi connectivity index (χ3n) is 5.58. The molecule has 0 N–H and O–H groups in total. The zero-order chi connectivity index (χ0) is 22.0. The van der Waals surface area contributed by atoms with Crippen LogP contribution in [0.1, 0.15) is 60.2 Å². The van der Waals surface area contributed by atoms with Gasteiger partial charge in [-0.1, -0.05) is 38.1 Å². The quantitative estimate of drug-likeness (QED) is 0.623. The number of benzene rings is 1. The number of para-hydroxylation sites is 1. The number of aromatic nitrogens is 4. The predicted molar refractivity (Wildman–Crippen MR) is 119 cm³/mol. The largest absolute Gasteiger partial charge is 0.472 e. The van der Waals surface area contributed by atoms with E-state index in [1.807, 2.05) is 44.2 Å². The Morgan fingerprint density at radius 3 is 2.71 bits per heavy atom. The van der Waals surface area contributed by atoms with E-state index in [9.17, 15) is 4.79 Å². The van der Waals surface area contributed by atoms with Crippen LogP contribution in [0.5, 0.6) is 5.88 Å². The highest BCUT2D eigenvalue weighted by molar-refractivity contribution is 5.90. The van der Waals surface area contributed by atoms with E-state index in [0.717, 1.165) is 24.1 Å². The number of piperidine rings is 1. The van der Waals surface area contributed by atoms with Crippen LogP contribution in [0, 0.1) is 13.8 Å². The number of hydrogen-bond donors (Lipinski definition) is 0. The third kappa shape index (κ3) is 4.60. The molecule has 0 bridgehead atoms. The number of carbonyl (C=O) groups is 1. The van der Waals surface area contributed by atoms with E-state index in [1.165, 1.54) is 5.56 Å². The van der Waals surface area contributed by atoms with E-state index < -0.39 is 0 Å². The molecular formula is C24H29N5O2. The molecule has 1 saturated heterocycles. The number of ether oxygens (including phenoxy) is 1. The van der Waals surface area contributed by atoms with Gasteiger partial charge in [0.05, 0.1) is 12.2 Å². The van der Waals surface area contributed by atoms with Gasteiger partial charge >= 0.3 is 0 Å². The summed E-state index contributed by atoms with van der Waals surface area (Å²) in [6.45, 7) is 9.35. The molecule has 162 valence electrons. The van der Waals surface area contributed by atoms with Gasteiger partial charge in [0.1, 0.15) is 11.9 Å². The summed E-state index contributed by atoms with van der Waals surface area (Å²) >= 11 is 0. The first kappa shape index (κ1) is 21.0. The summed E-state index contributed by atoms with van der Waals surface area (Å²) < 4.78 is 7.79. The van der Waals surface area contributed by atoms with Crippen LogP contribution >= 0.6 is 0 Å². The molecule has 1 fully saturated rings. The molecule has 31 heavy (non-hydrogen) atoms. The van der Waals surface area contributed by atoms with Crippen molar-refractivity contribution in [2.24, 2.45) is 0 Å². The average molecular weight is 420 g/mol. The van der Waals surface area contributed by atoms with Crippen molar-refractivity contribution < 1.29 is 9.53 Å². The highest BCUT2D eigenvalue weighted by Gasteiger charge is 2.29. The monoisotopic (exact) mass is 419 g/mol. The summed E-state index contributed by atoms with van der Waals surface area (Å²) in [5, 5.41) is 4.58. The molecular weight excluding hydrogens is 390 g/mol. The maximum atomic E-state index is 13.2. The molecule has 7 nitrogen and oxygen atoms in total. The number of likely N-dealkylation sites (tertiary alicyclic amines) is 1. The number of amides is 1. The molecule has 1 amide bonds. The van der Waals surface area contributed by atoms with Gasteiger partial charge in [0, 0.05) is 18.8 Å². The highest BCUT2D eigenvalue weighted by Crippen LogP contribution is 2.24. The van der Waals surface area contributed by atoms with Gasteiger partial charge in [0.15, 0.2) is 0 Å². The number of hydrogen-bond acceptors (Lipinski definition) is 5. The molecule has 2 aromatic heterocycles. The molecule has 1 aliphatic rings. The van der Waals surface area contributed by atoms with Crippen LogP contribution < -0.4 is 4.74 Å². The average Bonchev–Trinajstić information content (AvgIpc) is 3.16. The number of nitrogens with zero attached hydrogens (tertiary/aromatic N) is 5. The lowest BCUT2D eigenvalue weighted by atomic mass is 10.0. The van der Waals surface area contributed by atoms with Crippen LogP contribution in [0.4, 0.5) is 0 Å². The number of aryl methyl sites for hydroxylation is 2. The molecule has 1 atom stereocenters. The molecule has 7 heteroatoms. The molecule has 4 rings (SSSR count). The zero-order valence-corrected chi connectivity index (χ0v) is 18.6. The van der Waals surface area contributed by atoms with Crippen LogP contribution in [-0.2, 0) is 0 Å². The van der Waals surface area contributed by atoms with E-state index >= 15 is 0 Å². The third-order valence-corrected chi connectivity index (χ3v) is 5.58. The summed E-state index contributed by atoms with van der Waals surface area (Å²) in [4.78, 5) is 23.8. The SMILES string of the molecule is Cc1ccc(OC2CCCN(C(=O)c3nc(C)n(-c4ccccc4C(C)C)n3)C2)nc1. The van der Waals surface area contributed by atoms with E-state index in [4.69, 9.17) is 4.74 Å². The van der Waals surface area contributed by atoms with Crippen molar-refractivity contribution in [3.63, 3.8) is 0 Å². The lowest BCUT2D eigenvalue weighted by Gasteiger charge is -2.31. The van der Waals surface area contributed by atoms with Gasteiger partial charge in [-0.25, -0.2) is 14.6 Å². The first-order valence-electron chi connectivity index (χ1n) is 10.8. The lowest BCUT2D eigenvalue weighted by molar-refractivity contribution is 0.0517. The molecule has 0 spiro atoms. The van der Waals surface area contributed by atoms with E-state index in [-0.39, 0.29) is 17.8 Å². The number of pyridine rings is 1. The van der Waals surface area contributed by atoms with Crippen molar-refractivity contribution in [2.75, 3.05) is 13.1 Å². The Hall–Kier alpha value is -3.22. The number of rotatable bonds is 5. The van der Waals surface area contributed by atoms with Gasteiger partial charge in [-0.3, -0.25) is 4.79 Å². The molecule has 1 aliphatic heterocycles. The number of carbonyl (C=O) groups excluding carboxylic acids is 1. The lowest BCUT2D eigenvalue weighted by Crippen LogP contribution is -2.44. The van der Waals surface area contributed by atoms with Gasteiger partial charge in [-0.2, -0.15) is 0 Å². The Bertz CT molecular complexity index is 1060. The van der Waals surface area contributed by atoms with Gasteiger partial charge in [-0.05, 0) is 49.8 Å². The molecule has 0 saturated carbocycles. The summed E-state index contributed by atoms with van der Waals surface area (Å²) in [6, 6.07) is 12.0. The fourth-order valence-corrected chi connectivity index (χ4v) is 3.93. The van der Waals surface area contributed by atoms with Crippen LogP contribution in [0.2, 0.25) is 0 Å². The van der Waals surface area contributed by atoms with Gasteiger partial charge < -0.3 is 9.64 Å². The minimum absolute atomic E-state index is 0.0854. The van der Waals surface area contributed by atoms with E-state index in [2.05, 4.69) is 35.0 Å². The Morgan fingerprint density at radius 1 is 1.16 bits per heavy atom. The normalized spacial score (nSPS) is 16.5. The van der Waals surface area contributed by atoms with Crippen molar-refractivity contribution >= 4 is 5.91 Å². The Labute approximate surface area is 183 Å². The molecule has 3 aromatic rings. The molecule has 0 aliphatic carbocycles. The summed E-state index contributed by atoms with van der Waals surface area (Å²) in [5.74, 6) is 1.70. The Balaban J connectivity index is 1.51.